The summed E-state index contributed by atoms with van der Waals surface area (Å²) < 4.78 is 13.3. The molecule has 2 aliphatic heterocycles. The van der Waals surface area contributed by atoms with E-state index in [4.69, 9.17) is 26.2 Å². The van der Waals surface area contributed by atoms with E-state index in [0.717, 1.165) is 22.5 Å². The van der Waals surface area contributed by atoms with Crippen molar-refractivity contribution >= 4 is 29.1 Å². The Bertz CT molecular complexity index is 1260. The molecule has 0 aliphatic carbocycles. The van der Waals surface area contributed by atoms with Crippen molar-refractivity contribution < 1.29 is 19.1 Å². The van der Waals surface area contributed by atoms with Crippen molar-refractivity contribution in [2.45, 2.75) is 26.4 Å². The molecule has 2 aliphatic rings. The minimum Gasteiger partial charge on any atom is -0.482 e. The predicted molar refractivity (Wildman–Crippen MR) is 127 cm³/mol. The molecule has 1 N–H and O–H groups in total. The molecule has 2 amide bonds. The van der Waals surface area contributed by atoms with E-state index < -0.39 is 0 Å². The maximum Gasteiger partial charge on any atom is 0.262 e. The third kappa shape index (κ3) is 4.15. The van der Waals surface area contributed by atoms with E-state index in [9.17, 15) is 9.59 Å². The van der Waals surface area contributed by atoms with Crippen LogP contribution in [0, 0.1) is 13.8 Å². The summed E-state index contributed by atoms with van der Waals surface area (Å²) in [4.78, 5) is 27.1. The van der Waals surface area contributed by atoms with E-state index in [1.165, 1.54) is 0 Å². The minimum absolute atomic E-state index is 0.0958. The smallest absolute Gasteiger partial charge is 0.262 e. The van der Waals surface area contributed by atoms with Crippen LogP contribution >= 0.6 is 11.6 Å². The molecule has 3 aromatic rings. The van der Waals surface area contributed by atoms with Gasteiger partial charge in [0.15, 0.2) is 6.61 Å². The lowest BCUT2D eigenvalue weighted by atomic mass is 10.0. The van der Waals surface area contributed by atoms with E-state index in [-0.39, 0.29) is 29.5 Å². The zero-order valence-electron chi connectivity index (χ0n) is 19.0. The van der Waals surface area contributed by atoms with Crippen LogP contribution in [-0.2, 0) is 16.1 Å². The number of anilines is 1. The summed E-state index contributed by atoms with van der Waals surface area (Å²) in [6.07, 6.45) is 0. The second-order valence-corrected chi connectivity index (χ2v) is 8.89. The molecule has 1 saturated heterocycles. The Kier molecular flexibility index (Phi) is 6.02. The largest absolute Gasteiger partial charge is 0.482 e. The van der Waals surface area contributed by atoms with Crippen LogP contribution in [0.4, 0.5) is 5.69 Å². The van der Waals surface area contributed by atoms with Gasteiger partial charge in [-0.05, 0) is 31.5 Å². The number of amides is 2. The number of hydrogen-bond donors (Lipinski definition) is 1. The van der Waals surface area contributed by atoms with Gasteiger partial charge in [-0.15, -0.1) is 0 Å². The highest BCUT2D eigenvalue weighted by Crippen LogP contribution is 2.36. The molecule has 1 unspecified atom stereocenters. The SMILES string of the molecule is Cc1nn(Cc2ccccc2)c(C)c1C1COCCN1C(=O)c1cc2c(cc1Cl)NC(=O)CO2. The molecule has 34 heavy (non-hydrogen) atoms. The van der Waals surface area contributed by atoms with Crippen LogP contribution in [0.3, 0.4) is 0 Å². The monoisotopic (exact) mass is 480 g/mol. The molecule has 9 heteroatoms. The predicted octanol–water partition coefficient (Wildman–Crippen LogP) is 3.75. The average Bonchev–Trinajstić information content (AvgIpc) is 3.11. The maximum absolute atomic E-state index is 13.7. The van der Waals surface area contributed by atoms with Gasteiger partial charge >= 0.3 is 0 Å². The number of aryl methyl sites for hydroxylation is 1. The van der Waals surface area contributed by atoms with Crippen molar-refractivity contribution in [1.82, 2.24) is 14.7 Å². The lowest BCUT2D eigenvalue weighted by Gasteiger charge is -2.36. The van der Waals surface area contributed by atoms with Crippen molar-refractivity contribution in [1.29, 1.82) is 0 Å². The van der Waals surface area contributed by atoms with Gasteiger partial charge < -0.3 is 19.7 Å². The molecule has 8 nitrogen and oxygen atoms in total. The number of nitrogens with zero attached hydrogens (tertiary/aromatic N) is 3. The Hall–Kier alpha value is -3.36. The number of aromatic nitrogens is 2. The van der Waals surface area contributed by atoms with E-state index in [1.807, 2.05) is 36.7 Å². The summed E-state index contributed by atoms with van der Waals surface area (Å²) in [5.74, 6) is -0.0363. The summed E-state index contributed by atoms with van der Waals surface area (Å²) >= 11 is 6.47. The molecule has 1 fully saturated rings. The number of hydrogen-bond acceptors (Lipinski definition) is 5. The first-order chi connectivity index (χ1) is 16.4. The Labute approximate surface area is 202 Å². The third-order valence-electron chi connectivity index (χ3n) is 6.27. The molecule has 3 heterocycles. The van der Waals surface area contributed by atoms with Crippen molar-refractivity contribution in [3.8, 4) is 5.75 Å². The van der Waals surface area contributed by atoms with Crippen LogP contribution in [0.25, 0.3) is 0 Å². The van der Waals surface area contributed by atoms with Gasteiger partial charge in [0, 0.05) is 17.8 Å². The van der Waals surface area contributed by atoms with Gasteiger partial charge in [0.05, 0.1) is 47.8 Å². The Balaban J connectivity index is 1.47. The number of carbonyl (C=O) groups is 2. The Morgan fingerprint density at radius 1 is 1.24 bits per heavy atom. The van der Waals surface area contributed by atoms with Crippen LogP contribution in [0.15, 0.2) is 42.5 Å². The van der Waals surface area contributed by atoms with Crippen molar-refractivity contribution in [3.63, 3.8) is 0 Å². The maximum atomic E-state index is 13.7. The number of ether oxygens (including phenoxy) is 2. The van der Waals surface area contributed by atoms with Crippen LogP contribution < -0.4 is 10.1 Å². The van der Waals surface area contributed by atoms with Crippen LogP contribution in [0.2, 0.25) is 5.02 Å². The highest BCUT2D eigenvalue weighted by molar-refractivity contribution is 6.34. The molecule has 0 bridgehead atoms. The number of halogens is 1. The molecular formula is C25H25ClN4O4. The number of fused-ring (bicyclic) bond motifs is 1. The summed E-state index contributed by atoms with van der Waals surface area (Å²) in [5, 5.41) is 7.74. The van der Waals surface area contributed by atoms with Crippen molar-refractivity contribution in [3.05, 3.63) is 75.6 Å². The number of morpholine rings is 1. The normalized spacial score (nSPS) is 17.7. The second-order valence-electron chi connectivity index (χ2n) is 8.48. The van der Waals surface area contributed by atoms with Crippen LogP contribution in [0.1, 0.15) is 38.9 Å². The molecular weight excluding hydrogens is 456 g/mol. The fraction of sp³-hybridized carbons (Fsp3) is 0.320. The molecule has 1 atom stereocenters. The van der Waals surface area contributed by atoms with E-state index in [1.54, 1.807) is 17.0 Å². The molecule has 0 spiro atoms. The quantitative estimate of drug-likeness (QED) is 0.614. The topological polar surface area (TPSA) is 85.7 Å². The van der Waals surface area contributed by atoms with Gasteiger partial charge in [-0.1, -0.05) is 41.9 Å². The standard InChI is InChI=1S/C25H25ClN4O4/c1-15-24(16(2)30(28-15)12-17-6-4-3-5-7-17)21-13-33-9-8-29(21)25(32)18-10-22-20(11-19(18)26)27-23(31)14-34-22/h3-7,10-11,21H,8-9,12-14H2,1-2H3,(H,27,31). The first-order valence-corrected chi connectivity index (χ1v) is 11.5. The van der Waals surface area contributed by atoms with Crippen molar-refractivity contribution in [2.24, 2.45) is 0 Å². The number of carbonyl (C=O) groups excluding carboxylic acids is 2. The van der Waals surface area contributed by atoms with Gasteiger partial charge in [-0.2, -0.15) is 5.10 Å². The fourth-order valence-electron chi connectivity index (χ4n) is 4.61. The lowest BCUT2D eigenvalue weighted by molar-refractivity contribution is -0.118. The van der Waals surface area contributed by atoms with E-state index >= 15 is 0 Å². The molecule has 0 radical (unpaired) electrons. The zero-order chi connectivity index (χ0) is 23.8. The second kappa shape index (κ2) is 9.12. The first-order valence-electron chi connectivity index (χ1n) is 11.1. The number of rotatable bonds is 4. The highest BCUT2D eigenvalue weighted by Gasteiger charge is 2.34. The van der Waals surface area contributed by atoms with Gasteiger partial charge in [-0.25, -0.2) is 0 Å². The average molecular weight is 481 g/mol. The Morgan fingerprint density at radius 2 is 2.03 bits per heavy atom. The Morgan fingerprint density at radius 3 is 2.82 bits per heavy atom. The van der Waals surface area contributed by atoms with E-state index in [0.29, 0.717) is 43.3 Å². The minimum atomic E-state index is -0.293. The van der Waals surface area contributed by atoms with Crippen LogP contribution in [-0.4, -0.2) is 52.9 Å². The van der Waals surface area contributed by atoms with Gasteiger partial charge in [-0.3, -0.25) is 14.3 Å². The molecule has 1 aromatic heterocycles. The molecule has 5 rings (SSSR count). The van der Waals surface area contributed by atoms with Gasteiger partial charge in [0.2, 0.25) is 0 Å². The fourth-order valence-corrected chi connectivity index (χ4v) is 4.85. The van der Waals surface area contributed by atoms with Gasteiger partial charge in [0.25, 0.3) is 11.8 Å². The summed E-state index contributed by atoms with van der Waals surface area (Å²) in [5.41, 5.74) is 4.80. The van der Waals surface area contributed by atoms with Crippen LogP contribution in [0.5, 0.6) is 5.75 Å². The van der Waals surface area contributed by atoms with E-state index in [2.05, 4.69) is 17.4 Å². The summed E-state index contributed by atoms with van der Waals surface area (Å²) in [7, 11) is 0. The zero-order valence-corrected chi connectivity index (χ0v) is 19.8. The van der Waals surface area contributed by atoms with Gasteiger partial charge in [0.1, 0.15) is 5.75 Å². The van der Waals surface area contributed by atoms with Crippen molar-refractivity contribution in [2.75, 3.05) is 31.7 Å². The number of nitrogens with one attached hydrogen (secondary N) is 1. The lowest BCUT2D eigenvalue weighted by Crippen LogP contribution is -2.44. The summed E-state index contributed by atoms with van der Waals surface area (Å²) in [6.45, 7) is 5.78. The third-order valence-corrected chi connectivity index (χ3v) is 6.58. The first kappa shape index (κ1) is 22.4. The molecule has 0 saturated carbocycles. The molecule has 176 valence electrons. The number of benzene rings is 2. The molecule has 2 aromatic carbocycles. The highest BCUT2D eigenvalue weighted by atomic mass is 35.5. The summed E-state index contributed by atoms with van der Waals surface area (Å²) in [6, 6.07) is 13.0.